The van der Waals surface area contributed by atoms with Crippen molar-refractivity contribution in [2.45, 2.75) is 50.0 Å². The van der Waals surface area contributed by atoms with Crippen LogP contribution in [0, 0.1) is 0 Å². The van der Waals surface area contributed by atoms with Gasteiger partial charge in [-0.15, -0.1) is 0 Å². The van der Waals surface area contributed by atoms with E-state index in [0.29, 0.717) is 5.75 Å². The number of aliphatic carboxylic acids is 1. The van der Waals surface area contributed by atoms with Gasteiger partial charge >= 0.3 is 5.97 Å². The van der Waals surface area contributed by atoms with Crippen molar-refractivity contribution in [1.82, 2.24) is 16.0 Å². The van der Waals surface area contributed by atoms with Crippen molar-refractivity contribution in [3.05, 3.63) is 0 Å². The number of primary amides is 1. The molecule has 0 rings (SSSR count). The van der Waals surface area contributed by atoms with E-state index in [0.717, 1.165) is 0 Å². The fourth-order valence-corrected chi connectivity index (χ4v) is 2.86. The second-order valence-corrected chi connectivity index (χ2v) is 7.77. The maximum atomic E-state index is 12.5. The van der Waals surface area contributed by atoms with Gasteiger partial charge in [0.1, 0.15) is 24.2 Å². The standard InChI is InChI=1S/C16H29N5O7S2/c1-7(22)12(18)15(26)21-10(6-29)14(25)19-8(3-4-30-2)13(24)20-9(16(27)28)5-11(17)23/h7-10,12,22,29H,3-6,18H2,1-2H3,(H2,17,23)(H,19,25)(H,20,24)(H,21,26)(H,27,28). The summed E-state index contributed by atoms with van der Waals surface area (Å²) in [5.74, 6) is -4.40. The fourth-order valence-electron chi connectivity index (χ4n) is 2.13. The lowest BCUT2D eigenvalue weighted by Gasteiger charge is -2.24. The largest absolute Gasteiger partial charge is 0.480 e. The van der Waals surface area contributed by atoms with Gasteiger partial charge < -0.3 is 37.6 Å². The number of nitrogens with two attached hydrogens (primary N) is 2. The van der Waals surface area contributed by atoms with Crippen LogP contribution in [-0.2, 0) is 24.0 Å². The van der Waals surface area contributed by atoms with E-state index in [1.807, 2.05) is 0 Å². The summed E-state index contributed by atoms with van der Waals surface area (Å²) in [5, 5.41) is 25.4. The first-order valence-corrected chi connectivity index (χ1v) is 10.9. The molecule has 0 fully saturated rings. The van der Waals surface area contributed by atoms with Crippen LogP contribution < -0.4 is 27.4 Å². The number of thiol groups is 1. The van der Waals surface area contributed by atoms with Gasteiger partial charge in [-0.05, 0) is 25.4 Å². The normalized spacial score (nSPS) is 15.8. The maximum Gasteiger partial charge on any atom is 0.326 e. The number of thioether (sulfide) groups is 1. The number of carboxylic acids is 1. The van der Waals surface area contributed by atoms with Gasteiger partial charge in [-0.2, -0.15) is 24.4 Å². The first-order chi connectivity index (χ1) is 13.9. The van der Waals surface area contributed by atoms with Crippen LogP contribution in [0.4, 0.5) is 0 Å². The van der Waals surface area contributed by atoms with E-state index < -0.39 is 66.3 Å². The molecule has 12 nitrogen and oxygen atoms in total. The zero-order valence-corrected chi connectivity index (χ0v) is 18.4. The molecule has 0 aliphatic carbocycles. The highest BCUT2D eigenvalue weighted by Gasteiger charge is 2.30. The first-order valence-electron chi connectivity index (χ1n) is 8.90. The Morgan fingerprint density at radius 2 is 1.50 bits per heavy atom. The van der Waals surface area contributed by atoms with Gasteiger partial charge in [0.15, 0.2) is 0 Å². The molecule has 30 heavy (non-hydrogen) atoms. The molecule has 0 bridgehead atoms. The number of carboxylic acid groups (broad SMARTS) is 1. The van der Waals surface area contributed by atoms with Gasteiger partial charge in [-0.3, -0.25) is 19.2 Å². The molecule has 172 valence electrons. The van der Waals surface area contributed by atoms with Crippen molar-refractivity contribution < 1.29 is 34.2 Å². The molecule has 0 saturated carbocycles. The van der Waals surface area contributed by atoms with Crippen molar-refractivity contribution in [3.63, 3.8) is 0 Å². The molecule has 0 heterocycles. The second-order valence-electron chi connectivity index (χ2n) is 6.42. The summed E-state index contributed by atoms with van der Waals surface area (Å²) < 4.78 is 0. The number of amides is 4. The smallest absolute Gasteiger partial charge is 0.326 e. The lowest BCUT2D eigenvalue weighted by atomic mass is 10.1. The molecule has 9 N–H and O–H groups in total. The quantitative estimate of drug-likeness (QED) is 0.120. The summed E-state index contributed by atoms with van der Waals surface area (Å²) in [6, 6.07) is -5.10. The lowest BCUT2D eigenvalue weighted by Crippen LogP contribution is -2.58. The zero-order valence-electron chi connectivity index (χ0n) is 16.7. The van der Waals surface area contributed by atoms with Crippen LogP contribution in [0.5, 0.6) is 0 Å². The average molecular weight is 468 g/mol. The Morgan fingerprint density at radius 1 is 1.00 bits per heavy atom. The molecule has 0 aromatic carbocycles. The summed E-state index contributed by atoms with van der Waals surface area (Å²) in [5.41, 5.74) is 10.5. The molecule has 4 amide bonds. The third-order valence-electron chi connectivity index (χ3n) is 3.90. The minimum atomic E-state index is -1.55. The van der Waals surface area contributed by atoms with E-state index in [9.17, 15) is 29.1 Å². The second kappa shape index (κ2) is 14.1. The Hall–Kier alpha value is -2.03. The molecule has 5 atom stereocenters. The van der Waals surface area contributed by atoms with E-state index in [1.54, 1.807) is 6.26 Å². The SMILES string of the molecule is CSCCC(NC(=O)C(CS)NC(=O)C(N)C(C)O)C(=O)NC(CC(N)=O)C(=O)O. The number of aliphatic hydroxyl groups excluding tert-OH is 1. The van der Waals surface area contributed by atoms with Gasteiger partial charge in [0.25, 0.3) is 0 Å². The van der Waals surface area contributed by atoms with Crippen LogP contribution in [0.2, 0.25) is 0 Å². The van der Waals surface area contributed by atoms with E-state index in [2.05, 4.69) is 28.6 Å². The Bertz CT molecular complexity index is 635. The minimum Gasteiger partial charge on any atom is -0.480 e. The molecule has 0 aliphatic rings. The molecule has 0 aromatic rings. The number of aliphatic hydroxyl groups is 1. The van der Waals surface area contributed by atoms with Crippen LogP contribution in [0.15, 0.2) is 0 Å². The Balaban J connectivity index is 5.25. The highest BCUT2D eigenvalue weighted by molar-refractivity contribution is 7.98. The summed E-state index contributed by atoms with van der Waals surface area (Å²) in [7, 11) is 0. The van der Waals surface area contributed by atoms with Crippen molar-refractivity contribution in [2.75, 3.05) is 17.8 Å². The van der Waals surface area contributed by atoms with E-state index in [-0.39, 0.29) is 12.2 Å². The van der Waals surface area contributed by atoms with Gasteiger partial charge in [0.2, 0.25) is 23.6 Å². The number of carbonyl (C=O) groups is 5. The van der Waals surface area contributed by atoms with E-state index in [4.69, 9.17) is 16.6 Å². The van der Waals surface area contributed by atoms with E-state index in [1.165, 1.54) is 18.7 Å². The van der Waals surface area contributed by atoms with Crippen molar-refractivity contribution in [2.24, 2.45) is 11.5 Å². The monoisotopic (exact) mass is 467 g/mol. The van der Waals surface area contributed by atoms with Crippen molar-refractivity contribution >= 4 is 54.0 Å². The van der Waals surface area contributed by atoms with Gasteiger partial charge in [0, 0.05) is 5.75 Å². The fraction of sp³-hybridized carbons (Fsp3) is 0.688. The summed E-state index contributed by atoms with van der Waals surface area (Å²) in [6.45, 7) is 1.31. The van der Waals surface area contributed by atoms with Crippen LogP contribution in [0.1, 0.15) is 19.8 Å². The van der Waals surface area contributed by atoms with E-state index >= 15 is 0 Å². The third kappa shape index (κ3) is 10.1. The molecular formula is C16H29N5O7S2. The molecule has 0 spiro atoms. The minimum absolute atomic E-state index is 0.125. The third-order valence-corrected chi connectivity index (χ3v) is 4.91. The molecular weight excluding hydrogens is 438 g/mol. The number of carbonyl (C=O) groups excluding carboxylic acids is 4. The van der Waals surface area contributed by atoms with Crippen LogP contribution >= 0.6 is 24.4 Å². The number of nitrogens with one attached hydrogen (secondary N) is 3. The molecule has 0 aromatic heterocycles. The van der Waals surface area contributed by atoms with Crippen molar-refractivity contribution in [3.8, 4) is 0 Å². The van der Waals surface area contributed by atoms with Gasteiger partial charge in [0.05, 0.1) is 12.5 Å². The Labute approximate surface area is 183 Å². The number of hydrogen-bond donors (Lipinski definition) is 8. The average Bonchev–Trinajstić information content (AvgIpc) is 2.66. The Morgan fingerprint density at radius 3 is 1.93 bits per heavy atom. The highest BCUT2D eigenvalue weighted by atomic mass is 32.2. The predicted molar refractivity (Wildman–Crippen MR) is 114 cm³/mol. The summed E-state index contributed by atoms with van der Waals surface area (Å²) >= 11 is 5.39. The first kappa shape index (κ1) is 28.0. The topological polar surface area (TPSA) is 214 Å². The Kier molecular flexibility index (Phi) is 13.1. The predicted octanol–water partition coefficient (Wildman–Crippen LogP) is -3.21. The summed E-state index contributed by atoms with van der Waals surface area (Å²) in [4.78, 5) is 59.2. The van der Waals surface area contributed by atoms with Crippen LogP contribution in [0.25, 0.3) is 0 Å². The maximum absolute atomic E-state index is 12.5. The highest BCUT2D eigenvalue weighted by Crippen LogP contribution is 2.04. The zero-order chi connectivity index (χ0) is 23.4. The summed E-state index contributed by atoms with van der Waals surface area (Å²) in [6.07, 6.45) is 0.170. The lowest BCUT2D eigenvalue weighted by molar-refractivity contribution is -0.143. The molecule has 0 saturated heterocycles. The number of hydrogen-bond acceptors (Lipinski definition) is 9. The molecule has 0 radical (unpaired) electrons. The van der Waals surface area contributed by atoms with Crippen LogP contribution in [-0.4, -0.2) is 87.8 Å². The van der Waals surface area contributed by atoms with Crippen molar-refractivity contribution in [1.29, 1.82) is 0 Å². The van der Waals surface area contributed by atoms with Gasteiger partial charge in [-0.25, -0.2) is 4.79 Å². The molecule has 5 unspecified atom stereocenters. The number of rotatable bonds is 14. The van der Waals surface area contributed by atoms with Gasteiger partial charge in [-0.1, -0.05) is 0 Å². The van der Waals surface area contributed by atoms with Crippen LogP contribution in [0.3, 0.4) is 0 Å². The molecule has 14 heteroatoms. The molecule has 0 aliphatic heterocycles.